The van der Waals surface area contributed by atoms with Crippen LogP contribution in [0.1, 0.15) is 5.56 Å². The largest absolute Gasteiger partial charge is 0.508 e. The third-order valence-electron chi connectivity index (χ3n) is 1.85. The Morgan fingerprint density at radius 2 is 2.00 bits per heavy atom. The summed E-state index contributed by atoms with van der Waals surface area (Å²) in [6.07, 6.45) is 0.750. The van der Waals surface area contributed by atoms with Gasteiger partial charge in [0.1, 0.15) is 5.75 Å². The van der Waals surface area contributed by atoms with Crippen molar-refractivity contribution in [2.24, 2.45) is 5.73 Å². The van der Waals surface area contributed by atoms with E-state index in [1.807, 2.05) is 12.1 Å². The molecule has 0 fully saturated rings. The summed E-state index contributed by atoms with van der Waals surface area (Å²) in [6, 6.07) is 7.05. The molecule has 2 heteroatoms. The van der Waals surface area contributed by atoms with Gasteiger partial charge < -0.3 is 10.8 Å². The molecule has 1 aromatic carbocycles. The summed E-state index contributed by atoms with van der Waals surface area (Å²) >= 11 is 0. The third kappa shape index (κ3) is 2.79. The van der Waals surface area contributed by atoms with Crippen molar-refractivity contribution < 1.29 is 5.11 Å². The van der Waals surface area contributed by atoms with Crippen molar-refractivity contribution >= 4 is 0 Å². The molecule has 0 amide bonds. The highest BCUT2D eigenvalue weighted by molar-refractivity contribution is 5.28. The van der Waals surface area contributed by atoms with Crippen LogP contribution < -0.4 is 5.73 Å². The molecule has 0 saturated heterocycles. The van der Waals surface area contributed by atoms with Gasteiger partial charge in [0.05, 0.1) is 0 Å². The van der Waals surface area contributed by atoms with Crippen LogP contribution in [0.25, 0.3) is 0 Å². The quantitative estimate of drug-likeness (QED) is 0.685. The number of rotatable bonds is 3. The Hall–Kier alpha value is -1.50. The monoisotopic (exact) mass is 175 g/mol. The molecule has 0 saturated carbocycles. The summed E-state index contributed by atoms with van der Waals surface area (Å²) in [7, 11) is 0. The van der Waals surface area contributed by atoms with Crippen molar-refractivity contribution in [3.8, 4) is 5.75 Å². The Bertz CT molecular complexity index is 320. The first-order chi connectivity index (χ1) is 6.26. The van der Waals surface area contributed by atoms with Crippen LogP contribution in [0.5, 0.6) is 5.75 Å². The Labute approximate surface area is 78.0 Å². The van der Waals surface area contributed by atoms with Crippen molar-refractivity contribution in [2.75, 3.05) is 6.54 Å². The van der Waals surface area contributed by atoms with Gasteiger partial charge in [-0.2, -0.15) is 0 Å². The van der Waals surface area contributed by atoms with Crippen LogP contribution in [-0.2, 0) is 6.42 Å². The fourth-order valence-corrected chi connectivity index (χ4v) is 1.07. The normalized spacial score (nSPS) is 9.31. The van der Waals surface area contributed by atoms with E-state index in [4.69, 9.17) is 10.8 Å². The average molecular weight is 175 g/mol. The molecule has 2 nitrogen and oxygen atoms in total. The highest BCUT2D eigenvalue weighted by atomic mass is 16.3. The molecule has 0 aliphatic carbocycles. The Balaban J connectivity index is 2.75. The van der Waals surface area contributed by atoms with E-state index in [-0.39, 0.29) is 5.75 Å². The predicted molar refractivity (Wildman–Crippen MR) is 53.5 cm³/mol. The lowest BCUT2D eigenvalue weighted by atomic mass is 10.1. The highest BCUT2D eigenvalue weighted by Gasteiger charge is 1.96. The van der Waals surface area contributed by atoms with Crippen molar-refractivity contribution in [1.82, 2.24) is 0 Å². The van der Waals surface area contributed by atoms with Gasteiger partial charge in [-0.1, -0.05) is 18.7 Å². The van der Waals surface area contributed by atoms with Gasteiger partial charge in [0.15, 0.2) is 0 Å². The summed E-state index contributed by atoms with van der Waals surface area (Å²) in [5.74, 6) is 0.278. The van der Waals surface area contributed by atoms with Gasteiger partial charge in [-0.15, -0.1) is 5.73 Å². The smallest absolute Gasteiger partial charge is 0.115 e. The molecule has 1 aromatic rings. The van der Waals surface area contributed by atoms with E-state index < -0.39 is 0 Å². The fraction of sp³-hybridized carbons (Fsp3) is 0.182. The second kappa shape index (κ2) is 4.51. The van der Waals surface area contributed by atoms with E-state index in [0.29, 0.717) is 6.54 Å². The Morgan fingerprint density at radius 1 is 1.38 bits per heavy atom. The van der Waals surface area contributed by atoms with E-state index in [1.54, 1.807) is 12.1 Å². The summed E-state index contributed by atoms with van der Waals surface area (Å²) in [5.41, 5.74) is 10.3. The molecule has 0 aliphatic rings. The summed E-state index contributed by atoms with van der Waals surface area (Å²) < 4.78 is 0. The molecule has 0 aromatic heterocycles. The zero-order valence-electron chi connectivity index (χ0n) is 7.46. The molecule has 0 spiro atoms. The third-order valence-corrected chi connectivity index (χ3v) is 1.85. The molecule has 0 heterocycles. The molecule has 1 rings (SSSR count). The lowest BCUT2D eigenvalue weighted by molar-refractivity contribution is 0.475. The molecule has 3 N–H and O–H groups in total. The topological polar surface area (TPSA) is 46.2 Å². The van der Waals surface area contributed by atoms with E-state index >= 15 is 0 Å². The molecule has 0 radical (unpaired) electrons. The van der Waals surface area contributed by atoms with Crippen LogP contribution in [0.2, 0.25) is 0 Å². The van der Waals surface area contributed by atoms with Gasteiger partial charge in [0, 0.05) is 13.0 Å². The maximum absolute atomic E-state index is 9.05. The maximum Gasteiger partial charge on any atom is 0.115 e. The first-order valence-corrected chi connectivity index (χ1v) is 4.12. The standard InChI is InChI=1S/C11H13NO/c1-2-9(8-12)7-10-3-5-11(13)6-4-10/h3-6,13H,1,7-8,12H2. The van der Waals surface area contributed by atoms with Crippen molar-refractivity contribution in [2.45, 2.75) is 6.42 Å². The predicted octanol–water partition coefficient (Wildman–Crippen LogP) is 1.60. The van der Waals surface area contributed by atoms with Gasteiger partial charge in [-0.05, 0) is 23.3 Å². The molecular weight excluding hydrogens is 162 g/mol. The number of hydrogen-bond donors (Lipinski definition) is 2. The van der Waals surface area contributed by atoms with Gasteiger partial charge in [-0.25, -0.2) is 0 Å². The number of nitrogens with two attached hydrogens (primary N) is 1. The van der Waals surface area contributed by atoms with Gasteiger partial charge in [0.25, 0.3) is 0 Å². The first kappa shape index (κ1) is 9.59. The number of benzene rings is 1. The summed E-state index contributed by atoms with van der Waals surface area (Å²) in [6.45, 7) is 4.03. The van der Waals surface area contributed by atoms with Crippen LogP contribution in [-0.4, -0.2) is 11.7 Å². The lowest BCUT2D eigenvalue weighted by Crippen LogP contribution is -2.04. The Kier molecular flexibility index (Phi) is 3.32. The number of phenolic OH excluding ortho intramolecular Hbond substituents is 1. The highest BCUT2D eigenvalue weighted by Crippen LogP contribution is 2.12. The maximum atomic E-state index is 9.05. The van der Waals surface area contributed by atoms with Gasteiger partial charge >= 0.3 is 0 Å². The molecule has 0 atom stereocenters. The summed E-state index contributed by atoms with van der Waals surface area (Å²) in [4.78, 5) is 0. The van der Waals surface area contributed by atoms with Gasteiger partial charge in [0.2, 0.25) is 0 Å². The zero-order valence-corrected chi connectivity index (χ0v) is 7.46. The molecule has 0 aliphatic heterocycles. The first-order valence-electron chi connectivity index (χ1n) is 4.12. The van der Waals surface area contributed by atoms with Crippen LogP contribution in [0.3, 0.4) is 0 Å². The minimum absolute atomic E-state index is 0.278. The van der Waals surface area contributed by atoms with Crippen molar-refractivity contribution in [3.05, 3.63) is 47.7 Å². The van der Waals surface area contributed by atoms with Crippen LogP contribution in [0.4, 0.5) is 0 Å². The number of aromatic hydroxyl groups is 1. The SMILES string of the molecule is C=C=C(CN)Cc1ccc(O)cc1. The second-order valence-electron chi connectivity index (χ2n) is 2.83. The molecule has 0 unspecified atom stereocenters. The molecular formula is C11H13NO. The van der Waals surface area contributed by atoms with Crippen LogP contribution in [0.15, 0.2) is 42.1 Å². The van der Waals surface area contributed by atoms with E-state index in [1.165, 1.54) is 0 Å². The van der Waals surface area contributed by atoms with Gasteiger partial charge in [-0.3, -0.25) is 0 Å². The van der Waals surface area contributed by atoms with E-state index in [0.717, 1.165) is 17.6 Å². The van der Waals surface area contributed by atoms with E-state index in [9.17, 15) is 0 Å². The average Bonchev–Trinajstić information content (AvgIpc) is 2.17. The van der Waals surface area contributed by atoms with Crippen LogP contribution >= 0.6 is 0 Å². The minimum Gasteiger partial charge on any atom is -0.508 e. The minimum atomic E-state index is 0.278. The number of hydrogen-bond acceptors (Lipinski definition) is 2. The second-order valence-corrected chi connectivity index (χ2v) is 2.83. The zero-order chi connectivity index (χ0) is 9.68. The molecule has 68 valence electrons. The fourth-order valence-electron chi connectivity index (χ4n) is 1.07. The lowest BCUT2D eigenvalue weighted by Gasteiger charge is -2.01. The molecule has 13 heavy (non-hydrogen) atoms. The van der Waals surface area contributed by atoms with E-state index in [2.05, 4.69) is 12.3 Å². The molecule has 0 bridgehead atoms. The Morgan fingerprint density at radius 3 is 2.46 bits per heavy atom. The van der Waals surface area contributed by atoms with Crippen LogP contribution in [0, 0.1) is 0 Å². The number of phenols is 1. The van der Waals surface area contributed by atoms with Crippen molar-refractivity contribution in [1.29, 1.82) is 0 Å². The summed E-state index contributed by atoms with van der Waals surface area (Å²) in [5, 5.41) is 9.05. The van der Waals surface area contributed by atoms with Crippen molar-refractivity contribution in [3.63, 3.8) is 0 Å².